The number of imide groups is 1. The summed E-state index contributed by atoms with van der Waals surface area (Å²) in [6, 6.07) is 20.9. The lowest BCUT2D eigenvalue weighted by molar-refractivity contribution is 0.0734. The summed E-state index contributed by atoms with van der Waals surface area (Å²) in [6.07, 6.45) is 0. The van der Waals surface area contributed by atoms with Crippen LogP contribution in [0.3, 0.4) is 0 Å². The van der Waals surface area contributed by atoms with Crippen LogP contribution in [-0.2, 0) is 7.05 Å². The lowest BCUT2D eigenvalue weighted by Crippen LogP contribution is -2.41. The minimum Gasteiger partial charge on any atom is -0.421 e. The minimum atomic E-state index is -1.01. The Kier molecular flexibility index (Phi) is 6.91. The van der Waals surface area contributed by atoms with Crippen LogP contribution in [0, 0.1) is 12.7 Å². The maximum Gasteiger partial charge on any atom is 0.343 e. The second-order valence-electron chi connectivity index (χ2n) is 8.71. The van der Waals surface area contributed by atoms with Gasteiger partial charge in [-0.15, -0.1) is 11.3 Å². The van der Waals surface area contributed by atoms with Crippen molar-refractivity contribution in [3.05, 3.63) is 129 Å². The summed E-state index contributed by atoms with van der Waals surface area (Å²) in [5, 5.41) is 2.19. The maximum absolute atomic E-state index is 14.2. The molecular formula is C30H21FN2O5S. The van der Waals surface area contributed by atoms with Crippen molar-refractivity contribution >= 4 is 45.0 Å². The van der Waals surface area contributed by atoms with Gasteiger partial charge in [0.15, 0.2) is 5.75 Å². The zero-order valence-corrected chi connectivity index (χ0v) is 21.7. The molecule has 0 atom stereocenters. The number of aryl methyl sites for hydroxylation is 2. The van der Waals surface area contributed by atoms with E-state index in [-0.39, 0.29) is 22.6 Å². The summed E-state index contributed by atoms with van der Waals surface area (Å²) in [7, 11) is 1.50. The molecule has 0 bridgehead atoms. The van der Waals surface area contributed by atoms with Gasteiger partial charge in [0.05, 0.1) is 16.6 Å². The number of anilines is 1. The molecule has 39 heavy (non-hydrogen) atoms. The number of amides is 2. The SMILES string of the molecule is Cc1csc2c1c(OC(=O)c1ccccc1)c(C(=O)N(C(=O)c1ccccc1)c1ccc(F)cc1)c(=O)n2C. The van der Waals surface area contributed by atoms with Crippen molar-refractivity contribution in [3.8, 4) is 5.75 Å². The van der Waals surface area contributed by atoms with Crippen LogP contribution in [-0.4, -0.2) is 22.4 Å². The summed E-state index contributed by atoms with van der Waals surface area (Å²) in [5.41, 5.74) is -0.142. The lowest BCUT2D eigenvalue weighted by atomic mass is 10.1. The Morgan fingerprint density at radius 2 is 1.44 bits per heavy atom. The molecule has 0 unspecified atom stereocenters. The third-order valence-electron chi connectivity index (χ3n) is 6.16. The van der Waals surface area contributed by atoms with Gasteiger partial charge in [-0.3, -0.25) is 14.4 Å². The zero-order valence-electron chi connectivity index (χ0n) is 20.9. The molecule has 5 rings (SSSR count). The fourth-order valence-corrected chi connectivity index (χ4v) is 5.21. The van der Waals surface area contributed by atoms with E-state index >= 15 is 0 Å². The van der Waals surface area contributed by atoms with E-state index in [9.17, 15) is 23.6 Å². The summed E-state index contributed by atoms with van der Waals surface area (Å²) in [4.78, 5) is 56.0. The maximum atomic E-state index is 14.2. The highest BCUT2D eigenvalue weighted by molar-refractivity contribution is 7.17. The number of benzene rings is 3. The third-order valence-corrected chi connectivity index (χ3v) is 7.34. The zero-order chi connectivity index (χ0) is 27.7. The second kappa shape index (κ2) is 10.5. The first-order valence-corrected chi connectivity index (χ1v) is 12.7. The molecule has 0 spiro atoms. The Balaban J connectivity index is 1.74. The van der Waals surface area contributed by atoms with Crippen LogP contribution in [0.4, 0.5) is 10.1 Å². The first kappa shape index (κ1) is 25.7. The molecule has 0 fully saturated rings. The van der Waals surface area contributed by atoms with Crippen molar-refractivity contribution in [2.24, 2.45) is 7.05 Å². The average Bonchev–Trinajstić information content (AvgIpc) is 3.35. The molecule has 0 aliphatic rings. The number of esters is 1. The van der Waals surface area contributed by atoms with E-state index < -0.39 is 34.7 Å². The molecule has 3 aromatic carbocycles. The highest BCUT2D eigenvalue weighted by Gasteiger charge is 2.34. The van der Waals surface area contributed by atoms with Crippen molar-refractivity contribution in [1.29, 1.82) is 0 Å². The van der Waals surface area contributed by atoms with E-state index in [1.165, 1.54) is 47.2 Å². The van der Waals surface area contributed by atoms with Crippen molar-refractivity contribution in [2.75, 3.05) is 4.90 Å². The Labute approximate surface area is 226 Å². The number of pyridine rings is 1. The van der Waals surface area contributed by atoms with Gasteiger partial charge >= 0.3 is 5.97 Å². The minimum absolute atomic E-state index is 0.0415. The van der Waals surface area contributed by atoms with Crippen LogP contribution < -0.4 is 15.2 Å². The van der Waals surface area contributed by atoms with E-state index in [1.54, 1.807) is 60.8 Å². The van der Waals surface area contributed by atoms with E-state index in [0.29, 0.717) is 15.8 Å². The van der Waals surface area contributed by atoms with Gasteiger partial charge in [0.2, 0.25) is 0 Å². The number of thiophene rings is 1. The fraction of sp³-hybridized carbons (Fsp3) is 0.0667. The van der Waals surface area contributed by atoms with Gasteiger partial charge < -0.3 is 9.30 Å². The molecule has 0 saturated carbocycles. The predicted octanol–water partition coefficient (Wildman–Crippen LogP) is 5.75. The molecule has 7 nitrogen and oxygen atoms in total. The van der Waals surface area contributed by atoms with Crippen molar-refractivity contribution in [1.82, 2.24) is 4.57 Å². The number of hydrogen-bond acceptors (Lipinski definition) is 6. The molecule has 194 valence electrons. The molecular weight excluding hydrogens is 519 g/mol. The number of hydrogen-bond donors (Lipinski definition) is 0. The van der Waals surface area contributed by atoms with Crippen LogP contribution in [0.1, 0.15) is 36.6 Å². The average molecular weight is 541 g/mol. The molecule has 0 radical (unpaired) electrons. The first-order valence-electron chi connectivity index (χ1n) is 11.9. The quantitative estimate of drug-likeness (QED) is 0.209. The van der Waals surface area contributed by atoms with Gasteiger partial charge in [0.1, 0.15) is 16.2 Å². The van der Waals surface area contributed by atoms with Gasteiger partial charge in [-0.1, -0.05) is 36.4 Å². The highest BCUT2D eigenvalue weighted by atomic mass is 32.1. The van der Waals surface area contributed by atoms with Gasteiger partial charge in [0, 0.05) is 12.6 Å². The van der Waals surface area contributed by atoms with Crippen LogP contribution in [0.25, 0.3) is 10.2 Å². The largest absolute Gasteiger partial charge is 0.421 e. The van der Waals surface area contributed by atoms with E-state index in [2.05, 4.69) is 0 Å². The second-order valence-corrected chi connectivity index (χ2v) is 9.57. The van der Waals surface area contributed by atoms with Crippen LogP contribution >= 0.6 is 11.3 Å². The van der Waals surface area contributed by atoms with E-state index in [4.69, 9.17) is 4.74 Å². The van der Waals surface area contributed by atoms with E-state index in [0.717, 1.165) is 17.0 Å². The molecule has 2 heterocycles. The number of ether oxygens (including phenoxy) is 1. The predicted molar refractivity (Wildman–Crippen MR) is 147 cm³/mol. The van der Waals surface area contributed by atoms with Gasteiger partial charge in [0.25, 0.3) is 17.4 Å². The highest BCUT2D eigenvalue weighted by Crippen LogP contribution is 2.36. The topological polar surface area (TPSA) is 85.7 Å². The van der Waals surface area contributed by atoms with Gasteiger partial charge in [-0.05, 0) is 66.4 Å². The summed E-state index contributed by atoms with van der Waals surface area (Å²) in [5.74, 6) is -3.33. The molecule has 2 aromatic heterocycles. The Morgan fingerprint density at radius 1 is 0.846 bits per heavy atom. The molecule has 5 aromatic rings. The Morgan fingerprint density at radius 3 is 2.05 bits per heavy atom. The van der Waals surface area contributed by atoms with Crippen molar-refractivity contribution < 1.29 is 23.5 Å². The van der Waals surface area contributed by atoms with Gasteiger partial charge in [-0.25, -0.2) is 14.1 Å². The Hall–Kier alpha value is -4.89. The summed E-state index contributed by atoms with van der Waals surface area (Å²) in [6.45, 7) is 1.77. The standard InChI is InChI=1S/C30H21FN2O5S/c1-18-17-39-29-23(18)25(38-30(37)20-11-7-4-8-12-20)24(27(35)32(29)2)28(36)33(22-15-13-21(31)14-16-22)26(34)19-9-5-3-6-10-19/h3-17H,1-2H3. The molecule has 0 aliphatic heterocycles. The number of carbonyl (C=O) groups excluding carboxylic acids is 3. The number of carbonyl (C=O) groups is 3. The smallest absolute Gasteiger partial charge is 0.343 e. The number of halogens is 1. The number of fused-ring (bicyclic) bond motifs is 1. The number of rotatable bonds is 5. The van der Waals surface area contributed by atoms with Crippen LogP contribution in [0.5, 0.6) is 5.75 Å². The van der Waals surface area contributed by atoms with Crippen LogP contribution in [0.2, 0.25) is 0 Å². The van der Waals surface area contributed by atoms with Gasteiger partial charge in [-0.2, -0.15) is 0 Å². The molecule has 0 aliphatic carbocycles. The molecule has 0 N–H and O–H groups in total. The van der Waals surface area contributed by atoms with Crippen LogP contribution in [0.15, 0.2) is 95.1 Å². The third kappa shape index (κ3) is 4.75. The number of nitrogens with zero attached hydrogens (tertiary/aromatic N) is 2. The summed E-state index contributed by atoms with van der Waals surface area (Å²) < 4.78 is 20.8. The first-order chi connectivity index (χ1) is 18.8. The summed E-state index contributed by atoms with van der Waals surface area (Å²) >= 11 is 1.26. The monoisotopic (exact) mass is 540 g/mol. The van der Waals surface area contributed by atoms with E-state index in [1.807, 2.05) is 0 Å². The van der Waals surface area contributed by atoms with Crippen molar-refractivity contribution in [2.45, 2.75) is 6.92 Å². The fourth-order valence-electron chi connectivity index (χ4n) is 4.19. The molecule has 2 amide bonds. The normalized spacial score (nSPS) is 10.8. The molecule has 9 heteroatoms. The number of aromatic nitrogens is 1. The Bertz CT molecular complexity index is 1780. The lowest BCUT2D eigenvalue weighted by Gasteiger charge is -2.23. The molecule has 0 saturated heterocycles. The van der Waals surface area contributed by atoms with Crippen molar-refractivity contribution in [3.63, 3.8) is 0 Å².